The van der Waals surface area contributed by atoms with Gasteiger partial charge in [0.2, 0.25) is 0 Å². The van der Waals surface area contributed by atoms with Gasteiger partial charge in [-0.25, -0.2) is 0 Å². The van der Waals surface area contributed by atoms with Gasteiger partial charge in [-0.15, -0.1) is 0 Å². The molecule has 0 aliphatic rings. The molecule has 0 fully saturated rings. The summed E-state index contributed by atoms with van der Waals surface area (Å²) < 4.78 is 0. The fraction of sp³-hybridized carbons (Fsp3) is 0. The third-order valence-electron chi connectivity index (χ3n) is 6.00. The van der Waals surface area contributed by atoms with E-state index in [4.69, 9.17) is 0 Å². The van der Waals surface area contributed by atoms with Gasteiger partial charge in [0.1, 0.15) is 0 Å². The molecule has 5 aromatic carbocycles. The average molecular weight is 467 g/mol. The van der Waals surface area contributed by atoms with Crippen molar-refractivity contribution < 1.29 is 4.79 Å². The highest BCUT2D eigenvalue weighted by Crippen LogP contribution is 2.47. The van der Waals surface area contributed by atoms with E-state index < -0.39 is 0 Å². The van der Waals surface area contributed by atoms with Crippen LogP contribution in [-0.4, -0.2) is 5.91 Å². The molecular weight excluding hydrogens is 440 g/mol. The lowest BCUT2D eigenvalue weighted by Crippen LogP contribution is -2.26. The van der Waals surface area contributed by atoms with Gasteiger partial charge >= 0.3 is 0 Å². The lowest BCUT2D eigenvalue weighted by atomic mass is 9.99. The van der Waals surface area contributed by atoms with Gasteiger partial charge in [0.25, 0.3) is 5.91 Å². The first-order chi connectivity index (χ1) is 17.8. The number of carbonyl (C=O) groups is 1. The van der Waals surface area contributed by atoms with Gasteiger partial charge < -0.3 is 4.90 Å². The van der Waals surface area contributed by atoms with Crippen LogP contribution in [0.2, 0.25) is 0 Å². The number of benzene rings is 5. The number of carbonyl (C=O) groups excluding carboxylic acids is 1. The first-order valence-corrected chi connectivity index (χ1v) is 11.9. The Bertz CT molecular complexity index is 1410. The lowest BCUT2D eigenvalue weighted by molar-refractivity contribution is -0.113. The Balaban J connectivity index is 1.87. The third-order valence-corrected chi connectivity index (χ3v) is 6.00. The van der Waals surface area contributed by atoms with E-state index in [1.807, 2.05) is 97.1 Å². The molecule has 0 aliphatic heterocycles. The molecule has 0 spiro atoms. The molecule has 0 saturated heterocycles. The Hall–Kier alpha value is -4.89. The Morgan fingerprint density at radius 2 is 1.03 bits per heavy atom. The van der Waals surface area contributed by atoms with E-state index in [2.05, 4.69) is 53.9 Å². The highest BCUT2D eigenvalue weighted by Gasteiger charge is 2.26. The molecule has 0 saturated carbocycles. The minimum Gasteiger partial charge on any atom is -0.308 e. The minimum absolute atomic E-state index is 0.200. The zero-order valence-electron chi connectivity index (χ0n) is 19.9. The molecule has 0 radical (unpaired) electrons. The number of hydrogen-bond donors (Lipinski definition) is 0. The van der Waals surface area contributed by atoms with Crippen LogP contribution in [-0.2, 0) is 4.79 Å². The quantitative estimate of drug-likeness (QED) is 0.224. The summed E-state index contributed by atoms with van der Waals surface area (Å²) in [5.41, 5.74) is 6.50. The predicted molar refractivity (Wildman–Crippen MR) is 150 cm³/mol. The summed E-state index contributed by atoms with van der Waals surface area (Å²) in [6.45, 7) is 3.80. The molecule has 0 N–H and O–H groups in total. The summed E-state index contributed by atoms with van der Waals surface area (Å²) in [6.07, 6.45) is 1.36. The van der Waals surface area contributed by atoms with Gasteiger partial charge in [0.05, 0.1) is 11.4 Å². The van der Waals surface area contributed by atoms with Crippen LogP contribution in [0.4, 0.5) is 28.4 Å². The summed E-state index contributed by atoms with van der Waals surface area (Å²) in [5, 5.41) is 0. The van der Waals surface area contributed by atoms with E-state index in [0.717, 1.165) is 39.6 Å². The first kappa shape index (κ1) is 22.9. The number of anilines is 5. The zero-order valence-corrected chi connectivity index (χ0v) is 19.9. The van der Waals surface area contributed by atoms with Crippen LogP contribution in [0.15, 0.2) is 152 Å². The maximum Gasteiger partial charge on any atom is 0.255 e. The largest absolute Gasteiger partial charge is 0.308 e. The highest BCUT2D eigenvalue weighted by atomic mass is 16.2. The van der Waals surface area contributed by atoms with Crippen LogP contribution in [0.5, 0.6) is 0 Å². The number of amides is 1. The molecular formula is C33H26N2O. The second kappa shape index (κ2) is 10.6. The van der Waals surface area contributed by atoms with Crippen molar-refractivity contribution in [3.05, 3.63) is 152 Å². The standard InChI is InChI=1S/C33H26N2O/c1-2-32(36)35(29-22-13-6-14-23-29)31-25-15-24-30(26-16-7-3-8-17-26)33(31)34(27-18-9-4-10-19-27)28-20-11-5-12-21-28/h2-25H,1H2. The average Bonchev–Trinajstić information content (AvgIpc) is 2.96. The van der Waals surface area contributed by atoms with Crippen molar-refractivity contribution in [2.45, 2.75) is 0 Å². The van der Waals surface area contributed by atoms with Gasteiger partial charge in [-0.3, -0.25) is 9.69 Å². The Morgan fingerprint density at radius 1 is 0.556 bits per heavy atom. The summed E-state index contributed by atoms with van der Waals surface area (Å²) in [6, 6.07) is 46.5. The van der Waals surface area contributed by atoms with Gasteiger partial charge in [0.15, 0.2) is 0 Å². The van der Waals surface area contributed by atoms with Crippen molar-refractivity contribution in [1.82, 2.24) is 0 Å². The van der Waals surface area contributed by atoms with Crippen LogP contribution in [0.1, 0.15) is 0 Å². The SMILES string of the molecule is C=CC(=O)N(c1ccccc1)c1cccc(-c2ccccc2)c1N(c1ccccc1)c1ccccc1. The van der Waals surface area contributed by atoms with E-state index in [9.17, 15) is 4.79 Å². The van der Waals surface area contributed by atoms with Crippen LogP contribution in [0.25, 0.3) is 11.1 Å². The fourth-order valence-electron chi connectivity index (χ4n) is 4.41. The van der Waals surface area contributed by atoms with Crippen LogP contribution >= 0.6 is 0 Å². The van der Waals surface area contributed by atoms with Crippen molar-refractivity contribution in [3.63, 3.8) is 0 Å². The maximum atomic E-state index is 13.4. The molecule has 0 heterocycles. The number of nitrogens with zero attached hydrogens (tertiary/aromatic N) is 2. The summed E-state index contributed by atoms with van der Waals surface area (Å²) in [5.74, 6) is -0.200. The van der Waals surface area contributed by atoms with Gasteiger partial charge in [-0.1, -0.05) is 104 Å². The van der Waals surface area contributed by atoms with Crippen LogP contribution in [0.3, 0.4) is 0 Å². The first-order valence-electron chi connectivity index (χ1n) is 11.9. The smallest absolute Gasteiger partial charge is 0.255 e. The zero-order chi connectivity index (χ0) is 24.7. The topological polar surface area (TPSA) is 23.6 Å². The second-order valence-electron chi connectivity index (χ2n) is 8.26. The third kappa shape index (κ3) is 4.55. The summed E-state index contributed by atoms with van der Waals surface area (Å²) >= 11 is 0. The summed E-state index contributed by atoms with van der Waals surface area (Å²) in [4.78, 5) is 17.3. The Labute approximate surface area is 212 Å². The molecule has 3 nitrogen and oxygen atoms in total. The fourth-order valence-corrected chi connectivity index (χ4v) is 4.41. The van der Waals surface area contributed by atoms with Gasteiger partial charge in [0, 0.05) is 22.6 Å². The maximum absolute atomic E-state index is 13.4. The minimum atomic E-state index is -0.200. The molecule has 174 valence electrons. The number of rotatable bonds is 7. The molecule has 5 rings (SSSR count). The van der Waals surface area contributed by atoms with E-state index in [1.165, 1.54) is 6.08 Å². The molecule has 1 amide bonds. The van der Waals surface area contributed by atoms with Gasteiger partial charge in [-0.05, 0) is 54.1 Å². The highest BCUT2D eigenvalue weighted by molar-refractivity contribution is 6.11. The molecule has 0 atom stereocenters. The molecule has 0 aliphatic carbocycles. The number of hydrogen-bond acceptors (Lipinski definition) is 2. The van der Waals surface area contributed by atoms with Crippen molar-refractivity contribution in [1.29, 1.82) is 0 Å². The number of para-hydroxylation sites is 4. The van der Waals surface area contributed by atoms with E-state index in [0.29, 0.717) is 0 Å². The van der Waals surface area contributed by atoms with Crippen molar-refractivity contribution in [3.8, 4) is 11.1 Å². The monoisotopic (exact) mass is 466 g/mol. The molecule has 36 heavy (non-hydrogen) atoms. The van der Waals surface area contributed by atoms with E-state index >= 15 is 0 Å². The van der Waals surface area contributed by atoms with Gasteiger partial charge in [-0.2, -0.15) is 0 Å². The molecule has 0 aromatic heterocycles. The molecule has 0 unspecified atom stereocenters. The van der Waals surface area contributed by atoms with E-state index in [-0.39, 0.29) is 5.91 Å². The summed E-state index contributed by atoms with van der Waals surface area (Å²) in [7, 11) is 0. The molecule has 5 aromatic rings. The van der Waals surface area contributed by atoms with Crippen molar-refractivity contribution in [2.75, 3.05) is 9.80 Å². The normalized spacial score (nSPS) is 10.4. The predicted octanol–water partition coefficient (Wildman–Crippen LogP) is 8.67. The Kier molecular flexibility index (Phi) is 6.72. The second-order valence-corrected chi connectivity index (χ2v) is 8.26. The molecule has 3 heteroatoms. The lowest BCUT2D eigenvalue weighted by Gasteiger charge is -2.33. The van der Waals surface area contributed by atoms with E-state index in [1.54, 1.807) is 4.90 Å². The Morgan fingerprint density at radius 3 is 1.53 bits per heavy atom. The molecule has 0 bridgehead atoms. The van der Waals surface area contributed by atoms with Crippen molar-refractivity contribution >= 4 is 34.3 Å². The van der Waals surface area contributed by atoms with Crippen LogP contribution < -0.4 is 9.80 Å². The van der Waals surface area contributed by atoms with Crippen molar-refractivity contribution in [2.24, 2.45) is 0 Å². The van der Waals surface area contributed by atoms with Crippen LogP contribution in [0, 0.1) is 0 Å².